The predicted octanol–water partition coefficient (Wildman–Crippen LogP) is 3.94. The van der Waals surface area contributed by atoms with Crippen LogP contribution in [0.15, 0.2) is 52.9 Å². The van der Waals surface area contributed by atoms with Crippen molar-refractivity contribution in [3.63, 3.8) is 0 Å². The number of anilines is 1. The molecule has 7 nitrogen and oxygen atoms in total. The Morgan fingerprint density at radius 3 is 2.59 bits per heavy atom. The van der Waals surface area contributed by atoms with Crippen molar-refractivity contribution >= 4 is 40.1 Å². The molecular weight excluding hydrogens is 410 g/mol. The smallest absolute Gasteiger partial charge is 0.337 e. The highest BCUT2D eigenvalue weighted by Gasteiger charge is 2.11. The number of carbonyl (C=O) groups is 2. The van der Waals surface area contributed by atoms with Crippen molar-refractivity contribution < 1.29 is 19.1 Å². The molecule has 0 radical (unpaired) electrons. The lowest BCUT2D eigenvalue weighted by molar-refractivity contribution is -0.118. The highest BCUT2D eigenvalue weighted by molar-refractivity contribution is 8.00. The fraction of sp³-hybridized carbons (Fsp3) is 0.200. The van der Waals surface area contributed by atoms with Crippen LogP contribution in [0.4, 0.5) is 5.13 Å². The van der Waals surface area contributed by atoms with Gasteiger partial charge in [0.1, 0.15) is 5.75 Å². The Morgan fingerprint density at radius 1 is 1.10 bits per heavy atom. The Morgan fingerprint density at radius 2 is 1.86 bits per heavy atom. The van der Waals surface area contributed by atoms with Crippen molar-refractivity contribution in [2.45, 2.75) is 17.0 Å². The van der Waals surface area contributed by atoms with E-state index in [2.05, 4.69) is 20.3 Å². The number of para-hydroxylation sites is 1. The number of benzene rings is 2. The van der Waals surface area contributed by atoms with Gasteiger partial charge in [0.2, 0.25) is 5.13 Å². The second-order valence-electron chi connectivity index (χ2n) is 5.95. The highest BCUT2D eigenvalue weighted by atomic mass is 32.2. The molecule has 0 bridgehead atoms. The monoisotopic (exact) mass is 429 g/mol. The number of nitrogens with one attached hydrogen (secondary N) is 1. The molecule has 1 N–H and O–H groups in total. The topological polar surface area (TPSA) is 90.4 Å². The maximum Gasteiger partial charge on any atom is 0.337 e. The van der Waals surface area contributed by atoms with Gasteiger partial charge < -0.3 is 9.47 Å². The van der Waals surface area contributed by atoms with Crippen LogP contribution in [-0.2, 0) is 15.3 Å². The molecule has 150 valence electrons. The molecule has 0 aliphatic heterocycles. The number of ether oxygens (including phenoxy) is 2. The lowest BCUT2D eigenvalue weighted by Gasteiger charge is -2.07. The SMILES string of the molecule is COC(=O)c1ccc(CSc2nnc(NC(=O)COc3ccccc3C)s2)cc1. The van der Waals surface area contributed by atoms with Gasteiger partial charge in [-0.25, -0.2) is 4.79 Å². The maximum atomic E-state index is 12.1. The molecule has 0 spiro atoms. The van der Waals surface area contributed by atoms with Gasteiger partial charge in [-0.3, -0.25) is 10.1 Å². The fourth-order valence-electron chi connectivity index (χ4n) is 2.34. The summed E-state index contributed by atoms with van der Waals surface area (Å²) in [5, 5.41) is 11.2. The third-order valence-corrected chi connectivity index (χ3v) is 5.89. The number of thioether (sulfide) groups is 1. The van der Waals surface area contributed by atoms with E-state index in [0.29, 0.717) is 22.2 Å². The molecule has 29 heavy (non-hydrogen) atoms. The van der Waals surface area contributed by atoms with Crippen LogP contribution >= 0.6 is 23.1 Å². The van der Waals surface area contributed by atoms with Crippen molar-refractivity contribution in [3.8, 4) is 5.75 Å². The first-order chi connectivity index (χ1) is 14.0. The minimum atomic E-state index is -0.361. The van der Waals surface area contributed by atoms with E-state index in [9.17, 15) is 9.59 Å². The van der Waals surface area contributed by atoms with Crippen LogP contribution in [0.3, 0.4) is 0 Å². The summed E-state index contributed by atoms with van der Waals surface area (Å²) in [4.78, 5) is 23.5. The van der Waals surface area contributed by atoms with E-state index in [-0.39, 0.29) is 18.5 Å². The summed E-state index contributed by atoms with van der Waals surface area (Å²) < 4.78 is 10.9. The van der Waals surface area contributed by atoms with Gasteiger partial charge in [0.05, 0.1) is 12.7 Å². The number of nitrogens with zero attached hydrogens (tertiary/aromatic N) is 2. The minimum absolute atomic E-state index is 0.0978. The van der Waals surface area contributed by atoms with Crippen LogP contribution in [-0.4, -0.2) is 35.8 Å². The summed E-state index contributed by atoms with van der Waals surface area (Å²) in [7, 11) is 1.35. The lowest BCUT2D eigenvalue weighted by atomic mass is 10.1. The molecular formula is C20H19N3O4S2. The van der Waals surface area contributed by atoms with Gasteiger partial charge in [-0.1, -0.05) is 53.4 Å². The Labute approximate surface area is 176 Å². The van der Waals surface area contributed by atoms with E-state index < -0.39 is 0 Å². The molecule has 3 aromatic rings. The van der Waals surface area contributed by atoms with Gasteiger partial charge in [0, 0.05) is 5.75 Å². The van der Waals surface area contributed by atoms with Crippen molar-refractivity contribution in [2.24, 2.45) is 0 Å². The molecule has 0 unspecified atom stereocenters. The van der Waals surface area contributed by atoms with Gasteiger partial charge >= 0.3 is 5.97 Å². The summed E-state index contributed by atoms with van der Waals surface area (Å²) in [6, 6.07) is 14.7. The molecule has 0 saturated heterocycles. The first kappa shape index (κ1) is 20.8. The van der Waals surface area contributed by atoms with Crippen molar-refractivity contribution in [2.75, 3.05) is 19.0 Å². The lowest BCUT2D eigenvalue weighted by Crippen LogP contribution is -2.20. The molecule has 0 atom stereocenters. The third kappa shape index (κ3) is 6.03. The summed E-state index contributed by atoms with van der Waals surface area (Å²) in [5.41, 5.74) is 2.51. The van der Waals surface area contributed by atoms with E-state index in [1.54, 1.807) is 12.1 Å². The van der Waals surface area contributed by atoms with Gasteiger partial charge in [-0.2, -0.15) is 0 Å². The number of aromatic nitrogens is 2. The van der Waals surface area contributed by atoms with E-state index in [4.69, 9.17) is 4.74 Å². The molecule has 3 rings (SSSR count). The van der Waals surface area contributed by atoms with Crippen molar-refractivity contribution in [1.82, 2.24) is 10.2 Å². The number of hydrogen-bond acceptors (Lipinski definition) is 8. The highest BCUT2D eigenvalue weighted by Crippen LogP contribution is 2.28. The Balaban J connectivity index is 1.47. The molecule has 1 aromatic heterocycles. The molecule has 0 saturated carbocycles. The van der Waals surface area contributed by atoms with Gasteiger partial charge in [0.15, 0.2) is 10.9 Å². The van der Waals surface area contributed by atoms with Gasteiger partial charge in [-0.15, -0.1) is 10.2 Å². The standard InChI is InChI=1S/C20H19N3O4S2/c1-13-5-3-4-6-16(13)27-11-17(24)21-19-22-23-20(29-19)28-12-14-7-9-15(10-8-14)18(25)26-2/h3-10H,11-12H2,1-2H3,(H,21,22,24). The molecule has 2 aromatic carbocycles. The summed E-state index contributed by atoms with van der Waals surface area (Å²) in [5.74, 6) is 0.689. The fourth-order valence-corrected chi connectivity index (χ4v) is 4.06. The first-order valence-electron chi connectivity index (χ1n) is 8.67. The average Bonchev–Trinajstić information content (AvgIpc) is 3.18. The third-order valence-electron chi connectivity index (χ3n) is 3.84. The quantitative estimate of drug-likeness (QED) is 0.329. The molecule has 1 amide bonds. The van der Waals surface area contributed by atoms with E-state index in [0.717, 1.165) is 15.5 Å². The average molecular weight is 430 g/mol. The molecule has 0 fully saturated rings. The number of carbonyl (C=O) groups excluding carboxylic acids is 2. The zero-order valence-corrected chi connectivity index (χ0v) is 17.5. The second-order valence-corrected chi connectivity index (χ2v) is 8.15. The predicted molar refractivity (Wildman–Crippen MR) is 113 cm³/mol. The van der Waals surface area contributed by atoms with E-state index in [1.807, 2.05) is 43.3 Å². The zero-order chi connectivity index (χ0) is 20.6. The number of aryl methyl sites for hydroxylation is 1. The number of amides is 1. The minimum Gasteiger partial charge on any atom is -0.483 e. The van der Waals surface area contributed by atoms with Crippen LogP contribution in [0, 0.1) is 6.92 Å². The van der Waals surface area contributed by atoms with Crippen LogP contribution in [0.5, 0.6) is 5.75 Å². The number of methoxy groups -OCH3 is 1. The molecule has 1 heterocycles. The number of esters is 1. The normalized spacial score (nSPS) is 10.4. The van der Waals surface area contributed by atoms with Crippen LogP contribution in [0.25, 0.3) is 0 Å². The Bertz CT molecular complexity index is 989. The first-order valence-corrected chi connectivity index (χ1v) is 10.5. The van der Waals surface area contributed by atoms with Gasteiger partial charge in [0.25, 0.3) is 5.91 Å². The van der Waals surface area contributed by atoms with Crippen molar-refractivity contribution in [1.29, 1.82) is 0 Å². The maximum absolute atomic E-state index is 12.1. The largest absolute Gasteiger partial charge is 0.483 e. The summed E-state index contributed by atoms with van der Waals surface area (Å²) in [6.07, 6.45) is 0. The molecule has 0 aliphatic carbocycles. The Hall–Kier alpha value is -2.91. The van der Waals surface area contributed by atoms with Crippen LogP contribution in [0.1, 0.15) is 21.5 Å². The molecule has 9 heteroatoms. The molecule has 0 aliphatic rings. The van der Waals surface area contributed by atoms with Crippen LogP contribution in [0.2, 0.25) is 0 Å². The number of hydrogen-bond donors (Lipinski definition) is 1. The Kier molecular flexibility index (Phi) is 7.20. The zero-order valence-electron chi connectivity index (χ0n) is 15.9. The van der Waals surface area contributed by atoms with E-state index >= 15 is 0 Å². The van der Waals surface area contributed by atoms with Crippen LogP contribution < -0.4 is 10.1 Å². The van der Waals surface area contributed by atoms with Gasteiger partial charge in [-0.05, 0) is 36.2 Å². The van der Waals surface area contributed by atoms with Crippen molar-refractivity contribution in [3.05, 3.63) is 65.2 Å². The number of rotatable bonds is 8. The second kappa shape index (κ2) is 10.0. The summed E-state index contributed by atoms with van der Waals surface area (Å²) in [6.45, 7) is 1.82. The van der Waals surface area contributed by atoms with E-state index in [1.165, 1.54) is 30.2 Å². The summed E-state index contributed by atoms with van der Waals surface area (Å²) >= 11 is 2.80.